The van der Waals surface area contributed by atoms with Crippen molar-refractivity contribution in [3.05, 3.63) is 53.6 Å². The number of fused-ring (bicyclic) bond motifs is 1. The van der Waals surface area contributed by atoms with Crippen molar-refractivity contribution in [1.82, 2.24) is 0 Å². The normalized spacial score (nSPS) is 14.6. The molecule has 1 aliphatic heterocycles. The van der Waals surface area contributed by atoms with Gasteiger partial charge in [0.2, 0.25) is 0 Å². The van der Waals surface area contributed by atoms with Crippen LogP contribution >= 0.6 is 0 Å². The Kier molecular flexibility index (Phi) is 3.97. The zero-order valence-electron chi connectivity index (χ0n) is 12.0. The molecule has 1 heterocycles. The molecule has 0 amide bonds. The first-order chi connectivity index (χ1) is 10.2. The average molecular weight is 285 g/mol. The van der Waals surface area contributed by atoms with E-state index in [1.165, 1.54) is 5.56 Å². The topological polar surface area (TPSA) is 53.7 Å². The van der Waals surface area contributed by atoms with Crippen LogP contribution in [0.5, 0.6) is 17.2 Å². The maximum atomic E-state index is 6.18. The Bertz CT molecular complexity index is 610. The van der Waals surface area contributed by atoms with Crippen LogP contribution in [0.15, 0.2) is 42.5 Å². The number of ether oxygens (including phenoxy) is 3. The van der Waals surface area contributed by atoms with Crippen LogP contribution in [0.2, 0.25) is 0 Å². The van der Waals surface area contributed by atoms with Gasteiger partial charge in [-0.2, -0.15) is 0 Å². The zero-order chi connectivity index (χ0) is 14.7. The molecule has 0 saturated heterocycles. The molecule has 3 rings (SSSR count). The summed E-state index contributed by atoms with van der Waals surface area (Å²) >= 11 is 0. The summed E-state index contributed by atoms with van der Waals surface area (Å²) in [6.45, 7) is 3.63. The second-order valence-electron chi connectivity index (χ2n) is 5.13. The van der Waals surface area contributed by atoms with E-state index >= 15 is 0 Å². The summed E-state index contributed by atoms with van der Waals surface area (Å²) in [7, 11) is 0. The van der Waals surface area contributed by atoms with Gasteiger partial charge in [-0.15, -0.1) is 0 Å². The fourth-order valence-electron chi connectivity index (χ4n) is 2.21. The highest BCUT2D eigenvalue weighted by Crippen LogP contribution is 2.32. The molecule has 4 heteroatoms. The minimum absolute atomic E-state index is 0.206. The van der Waals surface area contributed by atoms with Gasteiger partial charge in [-0.25, -0.2) is 0 Å². The molecule has 110 valence electrons. The molecule has 21 heavy (non-hydrogen) atoms. The third-order valence-electron chi connectivity index (χ3n) is 3.44. The second-order valence-corrected chi connectivity index (χ2v) is 5.13. The summed E-state index contributed by atoms with van der Waals surface area (Å²) < 4.78 is 16.8. The molecule has 0 bridgehead atoms. The first kappa shape index (κ1) is 13.8. The Hall–Kier alpha value is -2.20. The predicted octanol–water partition coefficient (Wildman–Crippen LogP) is 2.85. The molecule has 1 atom stereocenters. The van der Waals surface area contributed by atoms with Crippen LogP contribution in [-0.4, -0.2) is 19.8 Å². The van der Waals surface area contributed by atoms with Crippen LogP contribution in [0.3, 0.4) is 0 Å². The summed E-state index contributed by atoms with van der Waals surface area (Å²) in [5, 5.41) is 0. The van der Waals surface area contributed by atoms with Crippen molar-refractivity contribution >= 4 is 0 Å². The van der Waals surface area contributed by atoms with Crippen LogP contribution in [0.1, 0.15) is 17.2 Å². The van der Waals surface area contributed by atoms with Gasteiger partial charge < -0.3 is 19.9 Å². The largest absolute Gasteiger partial charge is 0.492 e. The van der Waals surface area contributed by atoms with E-state index in [1.807, 2.05) is 49.4 Å². The predicted molar refractivity (Wildman–Crippen MR) is 81.0 cm³/mol. The van der Waals surface area contributed by atoms with Gasteiger partial charge >= 0.3 is 0 Å². The molecule has 0 spiro atoms. The molecule has 0 fully saturated rings. The van der Waals surface area contributed by atoms with Crippen molar-refractivity contribution in [3.63, 3.8) is 0 Å². The number of hydrogen-bond donors (Lipinski definition) is 1. The van der Waals surface area contributed by atoms with Gasteiger partial charge in [-0.05, 0) is 36.8 Å². The molecule has 2 aromatic rings. The lowest BCUT2D eigenvalue weighted by Crippen LogP contribution is -2.20. The number of aryl methyl sites for hydroxylation is 1. The SMILES string of the molecule is Cc1ccc(OCC(N)c2ccc3c(c2)OCCO3)cc1. The van der Waals surface area contributed by atoms with Crippen LogP contribution < -0.4 is 19.9 Å². The highest BCUT2D eigenvalue weighted by atomic mass is 16.6. The van der Waals surface area contributed by atoms with Gasteiger partial charge in [0.25, 0.3) is 0 Å². The third-order valence-corrected chi connectivity index (χ3v) is 3.44. The van der Waals surface area contributed by atoms with E-state index in [1.54, 1.807) is 0 Å². The van der Waals surface area contributed by atoms with E-state index in [4.69, 9.17) is 19.9 Å². The lowest BCUT2D eigenvalue weighted by atomic mass is 10.1. The fourth-order valence-corrected chi connectivity index (χ4v) is 2.21. The van der Waals surface area contributed by atoms with Crippen LogP contribution in [-0.2, 0) is 0 Å². The first-order valence-electron chi connectivity index (χ1n) is 7.07. The summed E-state index contributed by atoms with van der Waals surface area (Å²) in [6.07, 6.45) is 0. The summed E-state index contributed by atoms with van der Waals surface area (Å²) in [5.74, 6) is 2.36. The van der Waals surface area contributed by atoms with E-state index in [9.17, 15) is 0 Å². The molecule has 2 aromatic carbocycles. The van der Waals surface area contributed by atoms with Gasteiger partial charge in [0.1, 0.15) is 25.6 Å². The van der Waals surface area contributed by atoms with Crippen molar-refractivity contribution in [2.24, 2.45) is 5.73 Å². The fraction of sp³-hybridized carbons (Fsp3) is 0.294. The van der Waals surface area contributed by atoms with Crippen molar-refractivity contribution in [3.8, 4) is 17.2 Å². The highest BCUT2D eigenvalue weighted by Gasteiger charge is 2.15. The lowest BCUT2D eigenvalue weighted by molar-refractivity contribution is 0.171. The van der Waals surface area contributed by atoms with Crippen LogP contribution in [0.4, 0.5) is 0 Å². The molecule has 2 N–H and O–H groups in total. The smallest absolute Gasteiger partial charge is 0.161 e. The van der Waals surface area contributed by atoms with Crippen molar-refractivity contribution in [1.29, 1.82) is 0 Å². The molecule has 0 aliphatic carbocycles. The second kappa shape index (κ2) is 6.06. The minimum Gasteiger partial charge on any atom is -0.492 e. The van der Waals surface area contributed by atoms with E-state index in [0.29, 0.717) is 19.8 Å². The van der Waals surface area contributed by atoms with Crippen LogP contribution in [0, 0.1) is 6.92 Å². The number of benzene rings is 2. The van der Waals surface area contributed by atoms with Gasteiger partial charge in [0.15, 0.2) is 11.5 Å². The molecule has 1 unspecified atom stereocenters. The monoisotopic (exact) mass is 285 g/mol. The Morgan fingerprint density at radius 2 is 1.76 bits per heavy atom. The highest BCUT2D eigenvalue weighted by molar-refractivity contribution is 5.44. The summed E-state index contributed by atoms with van der Waals surface area (Å²) in [5.41, 5.74) is 8.37. The molecule has 1 aliphatic rings. The number of rotatable bonds is 4. The molecule has 0 radical (unpaired) electrons. The van der Waals surface area contributed by atoms with Gasteiger partial charge in [-0.3, -0.25) is 0 Å². The quantitative estimate of drug-likeness (QED) is 0.938. The maximum Gasteiger partial charge on any atom is 0.161 e. The molecule has 0 aromatic heterocycles. The standard InChI is InChI=1S/C17H19NO3/c1-12-2-5-14(6-3-12)21-11-15(18)13-4-7-16-17(10-13)20-9-8-19-16/h2-7,10,15H,8-9,11,18H2,1H3. The van der Waals surface area contributed by atoms with E-state index < -0.39 is 0 Å². The summed E-state index contributed by atoms with van der Waals surface area (Å²) in [4.78, 5) is 0. The average Bonchev–Trinajstić information content (AvgIpc) is 2.53. The number of hydrogen-bond acceptors (Lipinski definition) is 4. The first-order valence-corrected chi connectivity index (χ1v) is 7.07. The number of nitrogens with two attached hydrogens (primary N) is 1. The minimum atomic E-state index is -0.206. The van der Waals surface area contributed by atoms with E-state index in [2.05, 4.69) is 0 Å². The third kappa shape index (κ3) is 3.28. The van der Waals surface area contributed by atoms with Crippen LogP contribution in [0.25, 0.3) is 0 Å². The Morgan fingerprint density at radius 1 is 1.05 bits per heavy atom. The maximum absolute atomic E-state index is 6.18. The van der Waals surface area contributed by atoms with Crippen molar-refractivity contribution in [2.45, 2.75) is 13.0 Å². The van der Waals surface area contributed by atoms with Crippen molar-refractivity contribution < 1.29 is 14.2 Å². The Labute approximate surface area is 124 Å². The van der Waals surface area contributed by atoms with Crippen molar-refractivity contribution in [2.75, 3.05) is 19.8 Å². The van der Waals surface area contributed by atoms with E-state index in [-0.39, 0.29) is 6.04 Å². The Morgan fingerprint density at radius 3 is 2.52 bits per heavy atom. The molecule has 4 nitrogen and oxygen atoms in total. The van der Waals surface area contributed by atoms with Gasteiger partial charge in [-0.1, -0.05) is 23.8 Å². The lowest BCUT2D eigenvalue weighted by Gasteiger charge is -2.20. The molecular weight excluding hydrogens is 266 g/mol. The molecular formula is C17H19NO3. The van der Waals surface area contributed by atoms with Gasteiger partial charge in [0.05, 0.1) is 6.04 Å². The zero-order valence-corrected chi connectivity index (χ0v) is 12.0. The molecule has 0 saturated carbocycles. The Balaban J connectivity index is 1.65. The van der Waals surface area contributed by atoms with Gasteiger partial charge in [0, 0.05) is 0 Å². The van der Waals surface area contributed by atoms with E-state index in [0.717, 1.165) is 22.8 Å². The summed E-state index contributed by atoms with van der Waals surface area (Å²) in [6, 6.07) is 13.5.